The van der Waals surface area contributed by atoms with Crippen molar-refractivity contribution in [3.63, 3.8) is 0 Å². The average molecular weight is 230 g/mol. The number of phenolic OH excluding ortho intramolecular Hbond substituents is 2. The Hall–Kier alpha value is -2.29. The van der Waals surface area contributed by atoms with Gasteiger partial charge in [-0.25, -0.2) is 0 Å². The second kappa shape index (κ2) is 6.33. The monoisotopic (exact) mass is 230 g/mol. The van der Waals surface area contributed by atoms with Gasteiger partial charge in [0.15, 0.2) is 6.29 Å². The maximum absolute atomic E-state index is 10.2. The molecule has 0 radical (unpaired) electrons. The van der Waals surface area contributed by atoms with Gasteiger partial charge in [-0.2, -0.15) is 0 Å². The highest BCUT2D eigenvalue weighted by atomic mass is 16.3. The first kappa shape index (κ1) is 12.8. The molecule has 0 aliphatic rings. The molecule has 2 rings (SSSR count). The lowest BCUT2D eigenvalue weighted by molar-refractivity contribution is 0.112. The molecule has 3 heteroatoms. The van der Waals surface area contributed by atoms with Crippen LogP contribution in [0, 0.1) is 6.92 Å². The van der Waals surface area contributed by atoms with E-state index < -0.39 is 0 Å². The number of carbonyl (C=O) groups excluding carboxylic acids is 1. The zero-order valence-corrected chi connectivity index (χ0v) is 9.50. The molecule has 88 valence electrons. The summed E-state index contributed by atoms with van der Waals surface area (Å²) >= 11 is 0. The molecule has 2 N–H and O–H groups in total. The van der Waals surface area contributed by atoms with Crippen molar-refractivity contribution in [1.82, 2.24) is 0 Å². The zero-order chi connectivity index (χ0) is 12.7. The van der Waals surface area contributed by atoms with Gasteiger partial charge in [-0.1, -0.05) is 29.8 Å². The minimum absolute atomic E-state index is 0.0422. The molecule has 0 saturated heterocycles. The van der Waals surface area contributed by atoms with Crippen molar-refractivity contribution in [2.75, 3.05) is 0 Å². The fourth-order valence-electron chi connectivity index (χ4n) is 1.20. The van der Waals surface area contributed by atoms with Gasteiger partial charge in [0.1, 0.15) is 11.5 Å². The largest absolute Gasteiger partial charge is 0.508 e. The predicted molar refractivity (Wildman–Crippen MR) is 66.3 cm³/mol. The van der Waals surface area contributed by atoms with Gasteiger partial charge < -0.3 is 10.2 Å². The molecular weight excluding hydrogens is 216 g/mol. The van der Waals surface area contributed by atoms with Gasteiger partial charge in [-0.15, -0.1) is 0 Å². The molecule has 0 fully saturated rings. The molecule has 0 unspecified atom stereocenters. The van der Waals surface area contributed by atoms with Crippen LogP contribution >= 0.6 is 0 Å². The summed E-state index contributed by atoms with van der Waals surface area (Å²) in [4.78, 5) is 10.2. The molecule has 17 heavy (non-hydrogen) atoms. The van der Waals surface area contributed by atoms with Crippen LogP contribution in [0.3, 0.4) is 0 Å². The van der Waals surface area contributed by atoms with Crippen LogP contribution in [0.1, 0.15) is 15.9 Å². The van der Waals surface area contributed by atoms with Crippen molar-refractivity contribution in [3.05, 3.63) is 59.7 Å². The molecule has 0 bridgehead atoms. The topological polar surface area (TPSA) is 57.5 Å². The van der Waals surface area contributed by atoms with Crippen LogP contribution in [-0.4, -0.2) is 16.5 Å². The number of carbonyl (C=O) groups is 1. The Bertz CT molecular complexity index is 478. The Balaban J connectivity index is 0.000000181. The quantitative estimate of drug-likeness (QED) is 0.740. The Morgan fingerprint density at radius 2 is 1.65 bits per heavy atom. The highest BCUT2D eigenvalue weighted by molar-refractivity contribution is 5.79. The minimum Gasteiger partial charge on any atom is -0.508 e. The van der Waals surface area contributed by atoms with Crippen LogP contribution in [0.5, 0.6) is 11.5 Å². The number of hydrogen-bond acceptors (Lipinski definition) is 3. The number of phenols is 2. The van der Waals surface area contributed by atoms with Gasteiger partial charge in [0.05, 0.1) is 5.56 Å². The van der Waals surface area contributed by atoms with E-state index in [2.05, 4.69) is 0 Å². The fraction of sp³-hybridized carbons (Fsp3) is 0.0714. The Morgan fingerprint density at radius 1 is 1.00 bits per heavy atom. The van der Waals surface area contributed by atoms with Crippen molar-refractivity contribution in [1.29, 1.82) is 0 Å². The van der Waals surface area contributed by atoms with E-state index in [0.717, 1.165) is 5.56 Å². The van der Waals surface area contributed by atoms with Gasteiger partial charge in [0.2, 0.25) is 0 Å². The summed E-state index contributed by atoms with van der Waals surface area (Å²) in [5.41, 5.74) is 1.32. The summed E-state index contributed by atoms with van der Waals surface area (Å²) in [6.45, 7) is 1.87. The van der Waals surface area contributed by atoms with E-state index in [1.807, 2.05) is 13.0 Å². The van der Waals surface area contributed by atoms with E-state index in [-0.39, 0.29) is 5.75 Å². The number of aromatic hydroxyl groups is 2. The first-order valence-corrected chi connectivity index (χ1v) is 5.12. The number of hydrogen-bond donors (Lipinski definition) is 2. The standard InChI is InChI=1S/C8H8O2.C6H6O/c1-6-2-3-8(10)7(4-6)5-9;7-6-4-2-1-3-5-6/h2-5,10H,1H3;1-5,7H. The molecule has 0 saturated carbocycles. The van der Waals surface area contributed by atoms with E-state index in [4.69, 9.17) is 10.2 Å². The number of para-hydroxylation sites is 1. The van der Waals surface area contributed by atoms with Crippen molar-refractivity contribution in [3.8, 4) is 11.5 Å². The molecule has 0 aromatic heterocycles. The zero-order valence-electron chi connectivity index (χ0n) is 9.50. The van der Waals surface area contributed by atoms with Crippen LogP contribution in [0.25, 0.3) is 0 Å². The molecule has 2 aromatic rings. The number of aldehydes is 1. The van der Waals surface area contributed by atoms with Crippen LogP contribution < -0.4 is 0 Å². The number of rotatable bonds is 1. The Labute approximate surface area is 100.0 Å². The molecule has 0 atom stereocenters. The third kappa shape index (κ3) is 4.38. The van der Waals surface area contributed by atoms with Crippen LogP contribution in [0.15, 0.2) is 48.5 Å². The van der Waals surface area contributed by atoms with E-state index in [1.165, 1.54) is 6.07 Å². The van der Waals surface area contributed by atoms with Crippen LogP contribution in [-0.2, 0) is 0 Å². The lowest BCUT2D eigenvalue weighted by Gasteiger charge is -1.96. The molecule has 0 aliphatic heterocycles. The van der Waals surface area contributed by atoms with E-state index >= 15 is 0 Å². The van der Waals surface area contributed by atoms with E-state index in [9.17, 15) is 4.79 Å². The SMILES string of the molecule is Cc1ccc(O)c(C=O)c1.Oc1ccccc1. The van der Waals surface area contributed by atoms with E-state index in [0.29, 0.717) is 17.6 Å². The Kier molecular flexibility index (Phi) is 4.76. The first-order chi connectivity index (χ1) is 8.13. The number of aryl methyl sites for hydroxylation is 1. The average Bonchev–Trinajstić information content (AvgIpc) is 2.34. The van der Waals surface area contributed by atoms with Crippen molar-refractivity contribution < 1.29 is 15.0 Å². The molecule has 0 spiro atoms. The van der Waals surface area contributed by atoms with E-state index in [1.54, 1.807) is 36.4 Å². The second-order valence-electron chi connectivity index (χ2n) is 3.52. The van der Waals surface area contributed by atoms with Gasteiger partial charge in [0.25, 0.3) is 0 Å². The van der Waals surface area contributed by atoms with Gasteiger partial charge in [-0.3, -0.25) is 4.79 Å². The second-order valence-corrected chi connectivity index (χ2v) is 3.52. The summed E-state index contributed by atoms with van der Waals surface area (Å²) < 4.78 is 0. The van der Waals surface area contributed by atoms with Crippen molar-refractivity contribution >= 4 is 6.29 Å². The fourth-order valence-corrected chi connectivity index (χ4v) is 1.20. The smallest absolute Gasteiger partial charge is 0.153 e. The molecule has 0 heterocycles. The highest BCUT2D eigenvalue weighted by Crippen LogP contribution is 2.15. The minimum atomic E-state index is 0.0422. The lowest BCUT2D eigenvalue weighted by Crippen LogP contribution is -1.81. The van der Waals surface area contributed by atoms with Gasteiger partial charge in [0, 0.05) is 0 Å². The summed E-state index contributed by atoms with van der Waals surface area (Å²) in [6, 6.07) is 13.6. The maximum atomic E-state index is 10.2. The molecular formula is C14H14O3. The normalized spacial score (nSPS) is 9.00. The van der Waals surface area contributed by atoms with Gasteiger partial charge in [-0.05, 0) is 31.2 Å². The summed E-state index contributed by atoms with van der Waals surface area (Å²) in [7, 11) is 0. The van der Waals surface area contributed by atoms with Gasteiger partial charge >= 0.3 is 0 Å². The van der Waals surface area contributed by atoms with Crippen LogP contribution in [0.4, 0.5) is 0 Å². The molecule has 0 amide bonds. The Morgan fingerprint density at radius 3 is 2.06 bits per heavy atom. The number of benzene rings is 2. The maximum Gasteiger partial charge on any atom is 0.153 e. The molecule has 0 aliphatic carbocycles. The third-order valence-corrected chi connectivity index (χ3v) is 2.07. The first-order valence-electron chi connectivity index (χ1n) is 5.12. The van der Waals surface area contributed by atoms with Crippen LogP contribution in [0.2, 0.25) is 0 Å². The van der Waals surface area contributed by atoms with Crippen molar-refractivity contribution in [2.45, 2.75) is 6.92 Å². The lowest BCUT2D eigenvalue weighted by atomic mass is 10.1. The molecule has 3 nitrogen and oxygen atoms in total. The van der Waals surface area contributed by atoms with Crippen molar-refractivity contribution in [2.24, 2.45) is 0 Å². The highest BCUT2D eigenvalue weighted by Gasteiger charge is 1.96. The summed E-state index contributed by atoms with van der Waals surface area (Å²) in [5.74, 6) is 0.364. The third-order valence-electron chi connectivity index (χ3n) is 2.07. The molecule has 2 aromatic carbocycles. The summed E-state index contributed by atoms with van der Waals surface area (Å²) in [6.07, 6.45) is 0.641. The predicted octanol–water partition coefficient (Wildman–Crippen LogP) is 2.91. The summed E-state index contributed by atoms with van der Waals surface area (Å²) in [5, 5.41) is 17.6.